The number of aromatic nitrogens is 1. The van der Waals surface area contributed by atoms with Crippen LogP contribution in [0.15, 0.2) is 18.3 Å². The van der Waals surface area contributed by atoms with E-state index in [4.69, 9.17) is 16.3 Å². The molecular weight excluding hydrogens is 304 g/mol. The Hall–Kier alpha value is -0.320. The monoisotopic (exact) mass is 318 g/mol. The van der Waals surface area contributed by atoms with Gasteiger partial charge in [0, 0.05) is 24.6 Å². The molecule has 1 fully saturated rings. The molecule has 0 bridgehead atoms. The number of hydrogen-bond donors (Lipinski definition) is 0. The summed E-state index contributed by atoms with van der Waals surface area (Å²) < 4.78 is 5.72. The summed E-state index contributed by atoms with van der Waals surface area (Å²) in [5.41, 5.74) is 0. The summed E-state index contributed by atoms with van der Waals surface area (Å²) in [5.74, 6) is 0.896. The van der Waals surface area contributed by atoms with E-state index in [0.717, 1.165) is 48.7 Å². The molecule has 1 aromatic heterocycles. The molecule has 1 aliphatic heterocycles. The number of hydrogen-bond acceptors (Lipinski definition) is 3. The Balaban J connectivity index is 1.89. The number of anilines is 1. The van der Waals surface area contributed by atoms with E-state index in [0.29, 0.717) is 6.10 Å². The molecule has 0 aliphatic carbocycles. The molecule has 1 aromatic rings. The Labute approximate surface area is 115 Å². The van der Waals surface area contributed by atoms with Crippen LogP contribution in [-0.2, 0) is 4.74 Å². The van der Waals surface area contributed by atoms with Crippen molar-refractivity contribution in [3.63, 3.8) is 0 Å². The third-order valence-electron chi connectivity index (χ3n) is 2.91. The van der Waals surface area contributed by atoms with Crippen LogP contribution in [0, 0.1) is 0 Å². The lowest BCUT2D eigenvalue weighted by Crippen LogP contribution is -2.37. The summed E-state index contributed by atoms with van der Waals surface area (Å²) in [6, 6.07) is 3.75. The Morgan fingerprint density at radius 1 is 1.47 bits per heavy atom. The molecular formula is C12H16BrClN2O. The number of halogens is 2. The summed E-state index contributed by atoms with van der Waals surface area (Å²) in [6.45, 7) is 2.71. The van der Waals surface area contributed by atoms with Crippen LogP contribution in [0.3, 0.4) is 0 Å². The van der Waals surface area contributed by atoms with Crippen molar-refractivity contribution >= 4 is 33.3 Å². The maximum absolute atomic E-state index is 6.14. The van der Waals surface area contributed by atoms with Gasteiger partial charge in [0.15, 0.2) is 0 Å². The number of ether oxygens (including phenoxy) is 1. The minimum Gasteiger partial charge on any atom is -0.377 e. The van der Waals surface area contributed by atoms with E-state index in [-0.39, 0.29) is 0 Å². The van der Waals surface area contributed by atoms with Crippen molar-refractivity contribution in [2.75, 3.05) is 29.9 Å². The normalized spacial score (nSPS) is 17.4. The number of alkyl halides is 1. The van der Waals surface area contributed by atoms with Gasteiger partial charge in [-0.25, -0.2) is 4.98 Å². The van der Waals surface area contributed by atoms with Crippen molar-refractivity contribution in [1.29, 1.82) is 0 Å². The topological polar surface area (TPSA) is 25.4 Å². The fourth-order valence-electron chi connectivity index (χ4n) is 2.06. The van der Waals surface area contributed by atoms with E-state index in [1.54, 1.807) is 6.20 Å². The van der Waals surface area contributed by atoms with Gasteiger partial charge in [-0.15, -0.1) is 0 Å². The zero-order chi connectivity index (χ0) is 12.1. The minimum atomic E-state index is 0.381. The summed E-state index contributed by atoms with van der Waals surface area (Å²) in [4.78, 5) is 6.57. The van der Waals surface area contributed by atoms with E-state index < -0.39 is 0 Å². The highest BCUT2D eigenvalue weighted by atomic mass is 79.9. The Kier molecular flexibility index (Phi) is 5.07. The fraction of sp³-hybridized carbons (Fsp3) is 0.583. The average molecular weight is 320 g/mol. The zero-order valence-corrected chi connectivity index (χ0v) is 12.0. The number of rotatable bonds is 4. The van der Waals surface area contributed by atoms with Gasteiger partial charge in [0.05, 0.1) is 17.7 Å². The third kappa shape index (κ3) is 3.57. The average Bonchev–Trinajstić information content (AvgIpc) is 2.38. The van der Waals surface area contributed by atoms with Gasteiger partial charge < -0.3 is 9.64 Å². The van der Waals surface area contributed by atoms with E-state index >= 15 is 0 Å². The van der Waals surface area contributed by atoms with Crippen molar-refractivity contribution in [2.45, 2.75) is 18.9 Å². The zero-order valence-electron chi connectivity index (χ0n) is 9.61. The van der Waals surface area contributed by atoms with E-state index in [1.165, 1.54) is 0 Å². The Bertz CT molecular complexity index is 356. The molecule has 3 nitrogen and oxygen atoms in total. The van der Waals surface area contributed by atoms with Crippen LogP contribution in [0.1, 0.15) is 12.8 Å². The van der Waals surface area contributed by atoms with Crippen LogP contribution in [0.5, 0.6) is 0 Å². The largest absolute Gasteiger partial charge is 0.377 e. The quantitative estimate of drug-likeness (QED) is 0.797. The maximum Gasteiger partial charge on any atom is 0.147 e. The van der Waals surface area contributed by atoms with Crippen molar-refractivity contribution in [1.82, 2.24) is 4.98 Å². The molecule has 2 rings (SSSR count). The predicted octanol–water partition coefficient (Wildman–Crippen LogP) is 3.12. The molecule has 2 heterocycles. The lowest BCUT2D eigenvalue weighted by Gasteiger charge is -2.33. The summed E-state index contributed by atoms with van der Waals surface area (Å²) in [7, 11) is 0. The molecule has 1 saturated heterocycles. The first-order chi connectivity index (χ1) is 8.31. The number of piperidine rings is 1. The third-order valence-corrected chi connectivity index (χ3v) is 3.53. The molecule has 0 aromatic carbocycles. The fourth-order valence-corrected chi connectivity index (χ4v) is 2.48. The van der Waals surface area contributed by atoms with Gasteiger partial charge in [-0.3, -0.25) is 0 Å². The summed E-state index contributed by atoms with van der Waals surface area (Å²) >= 11 is 9.51. The highest BCUT2D eigenvalue weighted by molar-refractivity contribution is 9.09. The molecule has 0 saturated carbocycles. The first-order valence-corrected chi connectivity index (χ1v) is 7.34. The van der Waals surface area contributed by atoms with Crippen LogP contribution >= 0.6 is 27.5 Å². The molecule has 1 aliphatic rings. The summed E-state index contributed by atoms with van der Waals surface area (Å²) in [5, 5.41) is 1.63. The second-order valence-electron chi connectivity index (χ2n) is 4.06. The lowest BCUT2D eigenvalue weighted by molar-refractivity contribution is 0.0480. The van der Waals surface area contributed by atoms with E-state index in [1.807, 2.05) is 12.1 Å². The van der Waals surface area contributed by atoms with Gasteiger partial charge in [-0.05, 0) is 25.0 Å². The van der Waals surface area contributed by atoms with Crippen molar-refractivity contribution in [3.05, 3.63) is 23.4 Å². The molecule has 0 radical (unpaired) electrons. The van der Waals surface area contributed by atoms with Gasteiger partial charge >= 0.3 is 0 Å². The van der Waals surface area contributed by atoms with E-state index in [9.17, 15) is 0 Å². The second-order valence-corrected chi connectivity index (χ2v) is 5.26. The van der Waals surface area contributed by atoms with Crippen LogP contribution < -0.4 is 4.90 Å². The molecule has 17 heavy (non-hydrogen) atoms. The highest BCUT2D eigenvalue weighted by Gasteiger charge is 2.21. The lowest BCUT2D eigenvalue weighted by atomic mass is 10.1. The molecule has 0 atom stereocenters. The van der Waals surface area contributed by atoms with Crippen LogP contribution in [0.4, 0.5) is 5.82 Å². The molecule has 0 unspecified atom stereocenters. The van der Waals surface area contributed by atoms with Gasteiger partial charge in [0.25, 0.3) is 0 Å². The van der Waals surface area contributed by atoms with Crippen molar-refractivity contribution < 1.29 is 4.74 Å². The van der Waals surface area contributed by atoms with Gasteiger partial charge in [-0.2, -0.15) is 0 Å². The Morgan fingerprint density at radius 3 is 2.88 bits per heavy atom. The smallest absolute Gasteiger partial charge is 0.147 e. The molecule has 5 heteroatoms. The highest BCUT2D eigenvalue weighted by Crippen LogP contribution is 2.26. The number of pyridine rings is 1. The van der Waals surface area contributed by atoms with Gasteiger partial charge in [0.1, 0.15) is 5.82 Å². The van der Waals surface area contributed by atoms with Crippen molar-refractivity contribution in [3.8, 4) is 0 Å². The first-order valence-electron chi connectivity index (χ1n) is 5.84. The molecule has 94 valence electrons. The Morgan fingerprint density at radius 2 is 2.24 bits per heavy atom. The molecule has 0 N–H and O–H groups in total. The van der Waals surface area contributed by atoms with Crippen LogP contribution in [-0.4, -0.2) is 36.1 Å². The number of nitrogens with zero attached hydrogens (tertiary/aromatic N) is 2. The second kappa shape index (κ2) is 6.57. The van der Waals surface area contributed by atoms with Gasteiger partial charge in [-0.1, -0.05) is 27.5 Å². The molecule has 0 spiro atoms. The predicted molar refractivity (Wildman–Crippen MR) is 74.2 cm³/mol. The van der Waals surface area contributed by atoms with Crippen LogP contribution in [0.2, 0.25) is 5.02 Å². The summed E-state index contributed by atoms with van der Waals surface area (Å²) in [6.07, 6.45) is 4.25. The van der Waals surface area contributed by atoms with E-state index in [2.05, 4.69) is 25.8 Å². The maximum atomic E-state index is 6.14. The van der Waals surface area contributed by atoms with Crippen LogP contribution in [0.25, 0.3) is 0 Å². The standard InChI is InChI=1S/C12H16BrClN2O/c13-5-9-17-10-3-7-16(8-4-10)12-11(14)2-1-6-15-12/h1-2,6,10H,3-5,7-9H2. The SMILES string of the molecule is Clc1cccnc1N1CCC(OCCBr)CC1. The van der Waals surface area contributed by atoms with Crippen molar-refractivity contribution in [2.24, 2.45) is 0 Å². The first kappa shape index (κ1) is 13.1. The van der Waals surface area contributed by atoms with Gasteiger partial charge in [0.2, 0.25) is 0 Å². The molecule has 0 amide bonds. The minimum absolute atomic E-state index is 0.381.